The van der Waals surface area contributed by atoms with Crippen molar-refractivity contribution < 1.29 is 0 Å². The fourth-order valence-electron chi connectivity index (χ4n) is 0.902. The van der Waals surface area contributed by atoms with Gasteiger partial charge in [-0.3, -0.25) is 5.32 Å². The van der Waals surface area contributed by atoms with Gasteiger partial charge < -0.3 is 0 Å². The van der Waals surface area contributed by atoms with Gasteiger partial charge in [-0.05, 0) is 11.5 Å². The first-order valence-electron chi connectivity index (χ1n) is 3.09. The molecule has 2 rings (SSSR count). The van der Waals surface area contributed by atoms with Crippen molar-refractivity contribution in [2.45, 2.75) is 5.37 Å². The molecule has 2 heterocycles. The van der Waals surface area contributed by atoms with E-state index in [0.29, 0.717) is 5.37 Å². The number of hydrogen-bond acceptors (Lipinski definition) is 5. The monoisotopic (exact) mass is 173 g/mol. The van der Waals surface area contributed by atoms with Gasteiger partial charge in [0.05, 0.1) is 5.37 Å². The third kappa shape index (κ3) is 1.16. The Morgan fingerprint density at radius 3 is 3.30 bits per heavy atom. The van der Waals surface area contributed by atoms with Gasteiger partial charge in [0.15, 0.2) is 0 Å². The lowest BCUT2D eigenvalue weighted by Crippen LogP contribution is -2.12. The maximum atomic E-state index is 3.98. The Morgan fingerprint density at radius 2 is 2.70 bits per heavy atom. The van der Waals surface area contributed by atoms with Crippen LogP contribution < -0.4 is 5.32 Å². The maximum Gasteiger partial charge on any atom is 0.103 e. The van der Waals surface area contributed by atoms with Gasteiger partial charge in [0.1, 0.15) is 5.69 Å². The lowest BCUT2D eigenvalue weighted by molar-refractivity contribution is 0.729. The lowest BCUT2D eigenvalue weighted by atomic mass is 10.5. The predicted octanol–water partition coefficient (Wildman–Crippen LogP) is 0.873. The van der Waals surface area contributed by atoms with Crippen molar-refractivity contribution in [2.75, 3.05) is 12.3 Å². The van der Waals surface area contributed by atoms with Crippen LogP contribution in [-0.4, -0.2) is 21.9 Å². The Kier molecular flexibility index (Phi) is 1.88. The first kappa shape index (κ1) is 6.57. The van der Waals surface area contributed by atoms with Gasteiger partial charge in [-0.25, -0.2) is 0 Å². The summed E-state index contributed by atoms with van der Waals surface area (Å²) in [6.07, 6.45) is 0. The summed E-state index contributed by atoms with van der Waals surface area (Å²) < 4.78 is 3.81. The van der Waals surface area contributed by atoms with Crippen molar-refractivity contribution in [3.05, 3.63) is 11.1 Å². The van der Waals surface area contributed by atoms with Gasteiger partial charge in [-0.15, -0.1) is 16.9 Å². The van der Waals surface area contributed by atoms with Crippen LogP contribution in [0.1, 0.15) is 11.1 Å². The second kappa shape index (κ2) is 2.86. The molecule has 54 valence electrons. The van der Waals surface area contributed by atoms with Crippen LogP contribution in [0.3, 0.4) is 0 Å². The molecule has 0 aromatic carbocycles. The molecular weight excluding hydrogens is 166 g/mol. The molecule has 0 saturated carbocycles. The predicted molar refractivity (Wildman–Crippen MR) is 43.1 cm³/mol. The van der Waals surface area contributed by atoms with E-state index in [1.54, 1.807) is 0 Å². The Hall–Kier alpha value is -0.130. The zero-order chi connectivity index (χ0) is 6.81. The molecule has 1 aromatic heterocycles. The molecule has 3 nitrogen and oxygen atoms in total. The van der Waals surface area contributed by atoms with Crippen molar-refractivity contribution in [1.82, 2.24) is 14.9 Å². The van der Waals surface area contributed by atoms with Crippen LogP contribution in [0, 0.1) is 0 Å². The standard InChI is InChI=1S/C5H7N3S2/c1-2-9-5(6-1)4-3-10-8-7-4/h3,5-6H,1-2H2. The van der Waals surface area contributed by atoms with Gasteiger partial charge in [0, 0.05) is 17.7 Å². The van der Waals surface area contributed by atoms with Crippen molar-refractivity contribution in [3.63, 3.8) is 0 Å². The number of hydrogen-bond donors (Lipinski definition) is 1. The molecule has 5 heteroatoms. The van der Waals surface area contributed by atoms with Gasteiger partial charge in [0.25, 0.3) is 0 Å². The molecule has 0 bridgehead atoms. The molecule has 0 radical (unpaired) electrons. The van der Waals surface area contributed by atoms with E-state index in [2.05, 4.69) is 14.9 Å². The van der Waals surface area contributed by atoms with Crippen molar-refractivity contribution in [2.24, 2.45) is 0 Å². The van der Waals surface area contributed by atoms with Crippen LogP contribution in [0.5, 0.6) is 0 Å². The summed E-state index contributed by atoms with van der Waals surface area (Å²) in [5, 5.41) is 9.71. The van der Waals surface area contributed by atoms with Gasteiger partial charge in [-0.1, -0.05) is 4.49 Å². The molecule has 1 fully saturated rings. The summed E-state index contributed by atoms with van der Waals surface area (Å²) in [6, 6.07) is 0. The minimum absolute atomic E-state index is 0.402. The van der Waals surface area contributed by atoms with E-state index in [0.717, 1.165) is 12.2 Å². The normalized spacial score (nSPS) is 25.4. The molecule has 0 amide bonds. The Morgan fingerprint density at radius 1 is 1.70 bits per heavy atom. The number of nitrogens with zero attached hydrogens (tertiary/aromatic N) is 2. The van der Waals surface area contributed by atoms with Crippen molar-refractivity contribution in [1.29, 1.82) is 0 Å². The molecule has 1 saturated heterocycles. The molecule has 10 heavy (non-hydrogen) atoms. The van der Waals surface area contributed by atoms with E-state index in [-0.39, 0.29) is 0 Å². The number of aromatic nitrogens is 2. The van der Waals surface area contributed by atoms with Crippen LogP contribution in [0.25, 0.3) is 0 Å². The highest BCUT2D eigenvalue weighted by atomic mass is 32.2. The molecule has 1 atom stereocenters. The first-order valence-corrected chi connectivity index (χ1v) is 4.97. The van der Waals surface area contributed by atoms with Crippen molar-refractivity contribution >= 4 is 23.3 Å². The minimum atomic E-state index is 0.402. The SMILES string of the molecule is c1snnc1C1NCCS1. The molecule has 1 aliphatic heterocycles. The summed E-state index contributed by atoms with van der Waals surface area (Å²) in [4.78, 5) is 0. The highest BCUT2D eigenvalue weighted by Crippen LogP contribution is 2.28. The van der Waals surface area contributed by atoms with Crippen LogP contribution >= 0.6 is 23.3 Å². The van der Waals surface area contributed by atoms with Gasteiger partial charge >= 0.3 is 0 Å². The largest absolute Gasteiger partial charge is 0.299 e. The Bertz CT molecular complexity index is 193. The number of thioether (sulfide) groups is 1. The zero-order valence-corrected chi connectivity index (χ0v) is 6.91. The van der Waals surface area contributed by atoms with Crippen LogP contribution in [-0.2, 0) is 0 Å². The quantitative estimate of drug-likeness (QED) is 0.684. The molecule has 0 aliphatic carbocycles. The van der Waals surface area contributed by atoms with Crippen LogP contribution in [0.2, 0.25) is 0 Å². The molecule has 1 N–H and O–H groups in total. The third-order valence-corrected chi connectivity index (χ3v) is 3.07. The highest BCUT2D eigenvalue weighted by molar-refractivity contribution is 7.99. The van der Waals surface area contributed by atoms with Gasteiger partial charge in [-0.2, -0.15) is 0 Å². The highest BCUT2D eigenvalue weighted by Gasteiger charge is 2.18. The second-order valence-corrected chi connectivity index (χ2v) is 3.86. The molecular formula is C5H7N3S2. The Balaban J connectivity index is 2.12. The van der Waals surface area contributed by atoms with E-state index in [4.69, 9.17) is 0 Å². The average Bonchev–Trinajstić information content (AvgIpc) is 2.59. The lowest BCUT2D eigenvalue weighted by Gasteiger charge is -2.01. The van der Waals surface area contributed by atoms with E-state index >= 15 is 0 Å². The van der Waals surface area contributed by atoms with E-state index < -0.39 is 0 Å². The first-order chi connectivity index (χ1) is 4.97. The Labute approximate surface area is 67.4 Å². The number of rotatable bonds is 1. The van der Waals surface area contributed by atoms with E-state index in [1.165, 1.54) is 17.3 Å². The fourth-order valence-corrected chi connectivity index (χ4v) is 2.46. The van der Waals surface area contributed by atoms with E-state index in [1.807, 2.05) is 17.1 Å². The van der Waals surface area contributed by atoms with Gasteiger partial charge in [0.2, 0.25) is 0 Å². The third-order valence-electron chi connectivity index (χ3n) is 1.36. The van der Waals surface area contributed by atoms with Crippen LogP contribution in [0.4, 0.5) is 0 Å². The number of nitrogens with one attached hydrogen (secondary N) is 1. The van der Waals surface area contributed by atoms with Crippen molar-refractivity contribution in [3.8, 4) is 0 Å². The zero-order valence-electron chi connectivity index (χ0n) is 5.28. The summed E-state index contributed by atoms with van der Waals surface area (Å²) in [7, 11) is 0. The second-order valence-electron chi connectivity index (χ2n) is 2.03. The summed E-state index contributed by atoms with van der Waals surface area (Å²) in [5.74, 6) is 1.18. The minimum Gasteiger partial charge on any atom is -0.299 e. The maximum absolute atomic E-state index is 3.98. The summed E-state index contributed by atoms with van der Waals surface area (Å²) in [5.41, 5.74) is 1.08. The smallest absolute Gasteiger partial charge is 0.103 e. The average molecular weight is 173 g/mol. The summed E-state index contributed by atoms with van der Waals surface area (Å²) in [6.45, 7) is 1.09. The molecule has 1 aromatic rings. The molecule has 1 aliphatic rings. The molecule has 0 spiro atoms. The van der Waals surface area contributed by atoms with E-state index in [9.17, 15) is 0 Å². The summed E-state index contributed by atoms with van der Waals surface area (Å²) >= 11 is 3.31. The molecule has 1 unspecified atom stereocenters. The topological polar surface area (TPSA) is 37.8 Å². The van der Waals surface area contributed by atoms with Crippen LogP contribution in [0.15, 0.2) is 5.38 Å². The fraction of sp³-hybridized carbons (Fsp3) is 0.600.